The van der Waals surface area contributed by atoms with Crippen molar-refractivity contribution >= 4 is 5.91 Å². The first-order chi connectivity index (χ1) is 7.67. The standard InChI is InChI=1S/C10H14N2O4/c13-5-10(6-14,7-15)12-9(16)8-1-3-11-4-2-8/h1-4,13-15H,5-7H2,(H,12,16). The number of hydrogen-bond acceptors (Lipinski definition) is 5. The van der Waals surface area contributed by atoms with Crippen LogP contribution >= 0.6 is 0 Å². The fraction of sp³-hybridized carbons (Fsp3) is 0.400. The molecule has 0 unspecified atom stereocenters. The normalized spacial score (nSPS) is 11.2. The van der Waals surface area contributed by atoms with Crippen molar-refractivity contribution in [1.29, 1.82) is 0 Å². The van der Waals surface area contributed by atoms with Crippen LogP contribution in [0.4, 0.5) is 0 Å². The number of nitrogens with zero attached hydrogens (tertiary/aromatic N) is 1. The van der Waals surface area contributed by atoms with Gasteiger partial charge in [0.05, 0.1) is 19.8 Å². The molecule has 6 nitrogen and oxygen atoms in total. The van der Waals surface area contributed by atoms with E-state index in [1.807, 2.05) is 0 Å². The first-order valence-corrected chi connectivity index (χ1v) is 4.72. The first-order valence-electron chi connectivity index (χ1n) is 4.72. The van der Waals surface area contributed by atoms with Crippen LogP contribution in [0.25, 0.3) is 0 Å². The average Bonchev–Trinajstić information content (AvgIpc) is 2.37. The van der Waals surface area contributed by atoms with Gasteiger partial charge in [0, 0.05) is 18.0 Å². The second-order valence-electron chi connectivity index (χ2n) is 3.44. The molecule has 0 aromatic carbocycles. The van der Waals surface area contributed by atoms with Crippen molar-refractivity contribution in [1.82, 2.24) is 10.3 Å². The van der Waals surface area contributed by atoms with Crippen molar-refractivity contribution in [3.05, 3.63) is 30.1 Å². The average molecular weight is 226 g/mol. The van der Waals surface area contributed by atoms with E-state index in [1.54, 1.807) is 0 Å². The van der Waals surface area contributed by atoms with E-state index >= 15 is 0 Å². The van der Waals surface area contributed by atoms with Crippen LogP contribution in [-0.4, -0.2) is 51.6 Å². The van der Waals surface area contributed by atoms with E-state index in [0.717, 1.165) is 0 Å². The van der Waals surface area contributed by atoms with Crippen LogP contribution in [0.1, 0.15) is 10.4 Å². The summed E-state index contributed by atoms with van der Waals surface area (Å²) >= 11 is 0. The van der Waals surface area contributed by atoms with Crippen LogP contribution in [0.15, 0.2) is 24.5 Å². The summed E-state index contributed by atoms with van der Waals surface area (Å²) in [5, 5.41) is 29.5. The largest absolute Gasteiger partial charge is 0.394 e. The number of carbonyl (C=O) groups is 1. The van der Waals surface area contributed by atoms with Gasteiger partial charge in [-0.25, -0.2) is 0 Å². The minimum Gasteiger partial charge on any atom is -0.394 e. The molecule has 1 aromatic rings. The fourth-order valence-electron chi connectivity index (χ4n) is 1.08. The summed E-state index contributed by atoms with van der Waals surface area (Å²) in [6, 6.07) is 2.98. The van der Waals surface area contributed by atoms with Gasteiger partial charge in [-0.1, -0.05) is 0 Å². The molecule has 0 radical (unpaired) electrons. The number of aliphatic hydroxyl groups is 3. The summed E-state index contributed by atoms with van der Waals surface area (Å²) in [6.45, 7) is -1.63. The SMILES string of the molecule is O=C(NC(CO)(CO)CO)c1ccncc1. The lowest BCUT2D eigenvalue weighted by Crippen LogP contribution is -2.57. The van der Waals surface area contributed by atoms with Gasteiger partial charge in [-0.3, -0.25) is 9.78 Å². The van der Waals surface area contributed by atoms with Gasteiger partial charge < -0.3 is 20.6 Å². The van der Waals surface area contributed by atoms with Gasteiger partial charge in [0.1, 0.15) is 5.54 Å². The minimum absolute atomic E-state index is 0.342. The molecule has 6 heteroatoms. The lowest BCUT2D eigenvalue weighted by atomic mass is 10.0. The number of nitrogens with one attached hydrogen (secondary N) is 1. The van der Waals surface area contributed by atoms with E-state index in [-0.39, 0.29) is 0 Å². The Morgan fingerprint density at radius 2 is 1.69 bits per heavy atom. The summed E-state index contributed by atoms with van der Waals surface area (Å²) < 4.78 is 0. The van der Waals surface area contributed by atoms with Crippen molar-refractivity contribution in [2.75, 3.05) is 19.8 Å². The molecule has 1 heterocycles. The van der Waals surface area contributed by atoms with Crippen molar-refractivity contribution in [2.24, 2.45) is 0 Å². The van der Waals surface area contributed by atoms with Gasteiger partial charge in [-0.2, -0.15) is 0 Å². The fourth-order valence-corrected chi connectivity index (χ4v) is 1.08. The van der Waals surface area contributed by atoms with Crippen molar-refractivity contribution in [3.63, 3.8) is 0 Å². The third-order valence-electron chi connectivity index (χ3n) is 2.23. The van der Waals surface area contributed by atoms with E-state index in [1.165, 1.54) is 24.5 Å². The zero-order valence-electron chi connectivity index (χ0n) is 8.63. The third-order valence-corrected chi connectivity index (χ3v) is 2.23. The Hall–Kier alpha value is -1.50. The van der Waals surface area contributed by atoms with Gasteiger partial charge in [0.25, 0.3) is 5.91 Å². The Morgan fingerprint density at radius 1 is 1.19 bits per heavy atom. The van der Waals surface area contributed by atoms with E-state index in [2.05, 4.69) is 10.3 Å². The van der Waals surface area contributed by atoms with Crippen molar-refractivity contribution in [2.45, 2.75) is 5.54 Å². The predicted molar refractivity (Wildman–Crippen MR) is 55.7 cm³/mol. The molecule has 1 rings (SSSR count). The Bertz CT molecular complexity index is 330. The zero-order chi connectivity index (χ0) is 12.0. The number of aromatic nitrogens is 1. The molecule has 0 saturated carbocycles. The maximum atomic E-state index is 11.7. The highest BCUT2D eigenvalue weighted by Crippen LogP contribution is 2.04. The lowest BCUT2D eigenvalue weighted by Gasteiger charge is -2.28. The molecular formula is C10H14N2O4. The predicted octanol–water partition coefficient (Wildman–Crippen LogP) is -1.47. The highest BCUT2D eigenvalue weighted by molar-refractivity contribution is 5.94. The molecule has 0 bridgehead atoms. The van der Waals surface area contributed by atoms with E-state index in [4.69, 9.17) is 15.3 Å². The van der Waals surface area contributed by atoms with Crippen molar-refractivity contribution < 1.29 is 20.1 Å². The maximum absolute atomic E-state index is 11.7. The highest BCUT2D eigenvalue weighted by atomic mass is 16.3. The van der Waals surface area contributed by atoms with Crippen LogP contribution in [-0.2, 0) is 0 Å². The Kier molecular flexibility index (Phi) is 4.36. The number of rotatable bonds is 5. The summed E-state index contributed by atoms with van der Waals surface area (Å²) in [5.41, 5.74) is -1.06. The van der Waals surface area contributed by atoms with Crippen LogP contribution < -0.4 is 5.32 Å². The highest BCUT2D eigenvalue weighted by Gasteiger charge is 2.30. The maximum Gasteiger partial charge on any atom is 0.252 e. The number of hydrogen-bond donors (Lipinski definition) is 4. The van der Waals surface area contributed by atoms with Gasteiger partial charge >= 0.3 is 0 Å². The lowest BCUT2D eigenvalue weighted by molar-refractivity contribution is 0.0375. The van der Waals surface area contributed by atoms with Gasteiger partial charge in [0.15, 0.2) is 0 Å². The van der Waals surface area contributed by atoms with E-state index in [9.17, 15) is 4.79 Å². The zero-order valence-corrected chi connectivity index (χ0v) is 8.63. The number of aliphatic hydroxyl groups excluding tert-OH is 3. The summed E-state index contributed by atoms with van der Waals surface area (Å²) in [4.78, 5) is 15.4. The van der Waals surface area contributed by atoms with E-state index in [0.29, 0.717) is 5.56 Å². The minimum atomic E-state index is -1.40. The smallest absolute Gasteiger partial charge is 0.252 e. The van der Waals surface area contributed by atoms with Crippen LogP contribution in [0, 0.1) is 0 Å². The molecule has 0 aliphatic heterocycles. The summed E-state index contributed by atoms with van der Waals surface area (Å²) in [7, 11) is 0. The molecule has 0 saturated heterocycles. The molecule has 16 heavy (non-hydrogen) atoms. The van der Waals surface area contributed by atoms with Gasteiger partial charge in [-0.15, -0.1) is 0 Å². The molecule has 0 fully saturated rings. The van der Waals surface area contributed by atoms with Gasteiger partial charge in [0.2, 0.25) is 0 Å². The van der Waals surface area contributed by atoms with Crippen LogP contribution in [0.2, 0.25) is 0 Å². The quantitative estimate of drug-likeness (QED) is 0.490. The monoisotopic (exact) mass is 226 g/mol. The molecule has 0 aliphatic carbocycles. The molecule has 88 valence electrons. The van der Waals surface area contributed by atoms with E-state index < -0.39 is 31.3 Å². The summed E-state index contributed by atoms with van der Waals surface area (Å²) in [6.07, 6.45) is 2.90. The second-order valence-corrected chi connectivity index (χ2v) is 3.44. The molecule has 4 N–H and O–H groups in total. The Labute approximate surface area is 92.6 Å². The Morgan fingerprint density at radius 3 is 2.12 bits per heavy atom. The molecule has 0 atom stereocenters. The van der Waals surface area contributed by atoms with Crippen LogP contribution in [0.3, 0.4) is 0 Å². The number of amides is 1. The van der Waals surface area contributed by atoms with Gasteiger partial charge in [-0.05, 0) is 12.1 Å². The molecule has 0 aliphatic rings. The molecule has 1 aromatic heterocycles. The summed E-state index contributed by atoms with van der Waals surface area (Å²) in [5.74, 6) is -0.487. The molecular weight excluding hydrogens is 212 g/mol. The second kappa shape index (κ2) is 5.55. The number of pyridine rings is 1. The van der Waals surface area contributed by atoms with Crippen LogP contribution in [0.5, 0.6) is 0 Å². The molecule has 0 spiro atoms. The molecule has 1 amide bonds. The number of carbonyl (C=O) groups excluding carboxylic acids is 1. The Balaban J connectivity index is 2.77. The topological polar surface area (TPSA) is 103 Å². The first kappa shape index (κ1) is 12.6. The van der Waals surface area contributed by atoms with Crippen molar-refractivity contribution in [3.8, 4) is 0 Å². The third kappa shape index (κ3) is 2.75.